The van der Waals surface area contributed by atoms with Crippen molar-refractivity contribution in [3.8, 4) is 0 Å². The van der Waals surface area contributed by atoms with Crippen molar-refractivity contribution in [3.63, 3.8) is 0 Å². The number of hydrogen-bond acceptors (Lipinski definition) is 1. The van der Waals surface area contributed by atoms with E-state index in [9.17, 15) is 13.2 Å². The number of epoxide rings is 1. The zero-order chi connectivity index (χ0) is 10.3. The van der Waals surface area contributed by atoms with Gasteiger partial charge in [0.25, 0.3) is 0 Å². The molecule has 1 aliphatic rings. The van der Waals surface area contributed by atoms with Crippen LogP contribution >= 0.6 is 15.9 Å². The van der Waals surface area contributed by atoms with Gasteiger partial charge in [-0.3, -0.25) is 0 Å². The Hall–Kier alpha value is -0.550. The molecule has 0 N–H and O–H groups in total. The van der Waals surface area contributed by atoms with Crippen molar-refractivity contribution < 1.29 is 17.9 Å². The Labute approximate surface area is 87.0 Å². The Bertz CT molecular complexity index is 358. The zero-order valence-electron chi connectivity index (χ0n) is 6.94. The highest BCUT2D eigenvalue weighted by Gasteiger charge is 2.33. The van der Waals surface area contributed by atoms with Crippen LogP contribution in [0.15, 0.2) is 22.7 Å². The van der Waals surface area contributed by atoms with Gasteiger partial charge in [-0.1, -0.05) is 22.0 Å². The molecule has 0 aromatic heterocycles. The lowest BCUT2D eigenvalue weighted by molar-refractivity contribution is -0.137. The van der Waals surface area contributed by atoms with Gasteiger partial charge in [0, 0.05) is 4.47 Å². The molecule has 0 saturated carbocycles. The van der Waals surface area contributed by atoms with Crippen LogP contribution in [-0.2, 0) is 10.9 Å². The van der Waals surface area contributed by atoms with Crippen molar-refractivity contribution in [2.75, 3.05) is 6.61 Å². The fourth-order valence-corrected chi connectivity index (χ4v) is 1.83. The van der Waals surface area contributed by atoms with Gasteiger partial charge in [0.1, 0.15) is 6.10 Å². The molecule has 0 radical (unpaired) electrons. The minimum absolute atomic E-state index is 0.0355. The first-order chi connectivity index (χ1) is 6.48. The highest BCUT2D eigenvalue weighted by Crippen LogP contribution is 2.38. The van der Waals surface area contributed by atoms with E-state index in [0.717, 1.165) is 17.7 Å². The molecule has 1 heterocycles. The summed E-state index contributed by atoms with van der Waals surface area (Å²) in [7, 11) is 0. The van der Waals surface area contributed by atoms with Crippen LogP contribution < -0.4 is 0 Å². The molecule has 0 amide bonds. The molecule has 0 aliphatic carbocycles. The second-order valence-electron chi connectivity index (χ2n) is 3.06. The van der Waals surface area contributed by atoms with E-state index in [1.165, 1.54) is 6.07 Å². The Morgan fingerprint density at radius 1 is 1.36 bits per heavy atom. The van der Waals surface area contributed by atoms with E-state index in [1.54, 1.807) is 0 Å². The Morgan fingerprint density at radius 3 is 2.43 bits per heavy atom. The van der Waals surface area contributed by atoms with Crippen LogP contribution in [0.2, 0.25) is 0 Å². The van der Waals surface area contributed by atoms with Gasteiger partial charge in [-0.2, -0.15) is 13.2 Å². The molecule has 1 fully saturated rings. The van der Waals surface area contributed by atoms with E-state index in [1.807, 2.05) is 0 Å². The lowest BCUT2D eigenvalue weighted by Gasteiger charge is -2.08. The highest BCUT2D eigenvalue weighted by molar-refractivity contribution is 9.10. The Morgan fingerprint density at radius 2 is 2.00 bits per heavy atom. The van der Waals surface area contributed by atoms with Gasteiger partial charge >= 0.3 is 6.18 Å². The molecule has 1 aliphatic heterocycles. The summed E-state index contributed by atoms with van der Waals surface area (Å²) in [6, 6.07) is 3.60. The number of hydrogen-bond donors (Lipinski definition) is 0. The third-order valence-corrected chi connectivity index (χ3v) is 2.69. The van der Waals surface area contributed by atoms with Crippen LogP contribution in [0.5, 0.6) is 0 Å². The van der Waals surface area contributed by atoms with Crippen molar-refractivity contribution in [2.24, 2.45) is 0 Å². The number of rotatable bonds is 1. The second kappa shape index (κ2) is 3.24. The highest BCUT2D eigenvalue weighted by atomic mass is 79.9. The van der Waals surface area contributed by atoms with Crippen LogP contribution in [0.3, 0.4) is 0 Å². The third kappa shape index (κ3) is 1.93. The molecule has 2 rings (SSSR count). The Kier molecular flexibility index (Phi) is 2.31. The molecular formula is C9H6BrF3O. The molecule has 0 bridgehead atoms. The molecule has 1 aromatic rings. The quantitative estimate of drug-likeness (QED) is 0.709. The fourth-order valence-electron chi connectivity index (χ4n) is 1.19. The van der Waals surface area contributed by atoms with Crippen molar-refractivity contribution in [1.29, 1.82) is 0 Å². The summed E-state index contributed by atoms with van der Waals surface area (Å²) in [5.41, 5.74) is 0.131. The lowest BCUT2D eigenvalue weighted by Crippen LogP contribution is -2.05. The van der Waals surface area contributed by atoms with Gasteiger partial charge in [0.15, 0.2) is 0 Å². The fraction of sp³-hybridized carbons (Fsp3) is 0.333. The SMILES string of the molecule is FC(F)(F)c1ccc(C2CO2)c(Br)c1. The lowest BCUT2D eigenvalue weighted by atomic mass is 10.1. The molecule has 14 heavy (non-hydrogen) atoms. The molecule has 1 saturated heterocycles. The van der Waals surface area contributed by atoms with Crippen molar-refractivity contribution in [1.82, 2.24) is 0 Å². The summed E-state index contributed by atoms with van der Waals surface area (Å²) in [5, 5.41) is 0. The average molecular weight is 267 g/mol. The minimum atomic E-state index is -4.29. The summed E-state index contributed by atoms with van der Waals surface area (Å²) >= 11 is 3.10. The molecule has 5 heteroatoms. The van der Waals surface area contributed by atoms with Crippen LogP contribution in [0.1, 0.15) is 17.2 Å². The molecular weight excluding hydrogens is 261 g/mol. The molecule has 1 atom stereocenters. The van der Waals surface area contributed by atoms with E-state index in [0.29, 0.717) is 11.1 Å². The van der Waals surface area contributed by atoms with Gasteiger partial charge < -0.3 is 4.74 Å². The maximum absolute atomic E-state index is 12.3. The van der Waals surface area contributed by atoms with Crippen molar-refractivity contribution in [3.05, 3.63) is 33.8 Å². The Balaban J connectivity index is 2.35. The second-order valence-corrected chi connectivity index (χ2v) is 3.91. The first-order valence-corrected chi connectivity index (χ1v) is 4.76. The number of halogens is 4. The predicted octanol–water partition coefficient (Wildman–Crippen LogP) is 3.54. The van der Waals surface area contributed by atoms with Crippen molar-refractivity contribution >= 4 is 15.9 Å². The maximum Gasteiger partial charge on any atom is 0.416 e. The van der Waals surface area contributed by atoms with Gasteiger partial charge in [-0.25, -0.2) is 0 Å². The van der Waals surface area contributed by atoms with Crippen LogP contribution in [-0.4, -0.2) is 6.61 Å². The van der Waals surface area contributed by atoms with E-state index in [-0.39, 0.29) is 6.10 Å². The monoisotopic (exact) mass is 266 g/mol. The number of alkyl halides is 3. The van der Waals surface area contributed by atoms with Crippen LogP contribution in [0.4, 0.5) is 13.2 Å². The zero-order valence-corrected chi connectivity index (χ0v) is 8.52. The molecule has 1 aromatic carbocycles. The maximum atomic E-state index is 12.3. The van der Waals surface area contributed by atoms with Gasteiger partial charge in [0.2, 0.25) is 0 Å². The van der Waals surface area contributed by atoms with Gasteiger partial charge in [-0.05, 0) is 17.7 Å². The van der Waals surface area contributed by atoms with Crippen LogP contribution in [0, 0.1) is 0 Å². The van der Waals surface area contributed by atoms with E-state index < -0.39 is 11.7 Å². The molecule has 1 nitrogen and oxygen atoms in total. The molecule has 76 valence electrons. The van der Waals surface area contributed by atoms with Gasteiger partial charge in [-0.15, -0.1) is 0 Å². The normalized spacial score (nSPS) is 21.0. The minimum Gasteiger partial charge on any atom is -0.368 e. The standard InChI is InChI=1S/C9H6BrF3O/c10-7-3-5(9(11,12)13)1-2-6(7)8-4-14-8/h1-3,8H,4H2. The van der Waals surface area contributed by atoms with Crippen LogP contribution in [0.25, 0.3) is 0 Å². The number of benzene rings is 1. The van der Waals surface area contributed by atoms with Crippen molar-refractivity contribution in [2.45, 2.75) is 12.3 Å². The van der Waals surface area contributed by atoms with E-state index >= 15 is 0 Å². The van der Waals surface area contributed by atoms with E-state index in [4.69, 9.17) is 4.74 Å². The summed E-state index contributed by atoms with van der Waals surface area (Å²) in [4.78, 5) is 0. The average Bonchev–Trinajstić information content (AvgIpc) is 2.85. The molecule has 1 unspecified atom stereocenters. The predicted molar refractivity (Wildman–Crippen MR) is 47.8 cm³/mol. The third-order valence-electron chi connectivity index (χ3n) is 2.01. The summed E-state index contributed by atoms with van der Waals surface area (Å²) < 4.78 is 42.2. The molecule has 0 spiro atoms. The smallest absolute Gasteiger partial charge is 0.368 e. The first kappa shape index (κ1) is 9.98. The number of ether oxygens (including phenoxy) is 1. The van der Waals surface area contributed by atoms with E-state index in [2.05, 4.69) is 15.9 Å². The first-order valence-electron chi connectivity index (χ1n) is 3.97. The summed E-state index contributed by atoms with van der Waals surface area (Å²) in [5.74, 6) is 0. The summed E-state index contributed by atoms with van der Waals surface area (Å²) in [6.07, 6.45) is -4.32. The largest absolute Gasteiger partial charge is 0.416 e. The summed E-state index contributed by atoms with van der Waals surface area (Å²) in [6.45, 7) is 0.587. The van der Waals surface area contributed by atoms with Gasteiger partial charge in [0.05, 0.1) is 12.2 Å². The topological polar surface area (TPSA) is 12.5 Å².